The van der Waals surface area contributed by atoms with E-state index in [0.29, 0.717) is 37.6 Å². The molecule has 158 valence electrons. The molecule has 0 aliphatic rings. The standard InChI is InChI=1S/C21H33NO6/c1-14(2)17(13-18(21(24)25)22-15(3)23)11-16-7-8-19(27-5)20(12-16)28-10-6-9-26-4/h7-8,12,14,17-18H,6,9-11,13H2,1-5H3,(H,22,23)(H,24,25)/t17-,18-/m1/s1. The minimum atomic E-state index is -1.02. The lowest BCUT2D eigenvalue weighted by Crippen LogP contribution is -2.41. The predicted molar refractivity (Wildman–Crippen MR) is 107 cm³/mol. The van der Waals surface area contributed by atoms with E-state index in [9.17, 15) is 14.7 Å². The molecule has 0 saturated carbocycles. The number of hydrogen-bond donors (Lipinski definition) is 2. The quantitative estimate of drug-likeness (QED) is 0.499. The summed E-state index contributed by atoms with van der Waals surface area (Å²) in [5.41, 5.74) is 1.04. The third-order valence-electron chi connectivity index (χ3n) is 4.63. The van der Waals surface area contributed by atoms with E-state index in [4.69, 9.17) is 14.2 Å². The van der Waals surface area contributed by atoms with Gasteiger partial charge in [-0.1, -0.05) is 19.9 Å². The van der Waals surface area contributed by atoms with Crippen molar-refractivity contribution in [3.05, 3.63) is 23.8 Å². The van der Waals surface area contributed by atoms with Gasteiger partial charge >= 0.3 is 5.97 Å². The number of aliphatic carboxylic acids is 1. The first-order valence-corrected chi connectivity index (χ1v) is 9.57. The fourth-order valence-electron chi connectivity index (χ4n) is 3.01. The molecule has 0 aliphatic heterocycles. The maximum absolute atomic E-state index is 11.5. The average Bonchev–Trinajstić information content (AvgIpc) is 2.63. The summed E-state index contributed by atoms with van der Waals surface area (Å²) >= 11 is 0. The topological polar surface area (TPSA) is 94.1 Å². The normalized spacial score (nSPS) is 13.1. The zero-order chi connectivity index (χ0) is 21.1. The van der Waals surface area contributed by atoms with Crippen molar-refractivity contribution in [1.82, 2.24) is 5.32 Å². The molecule has 0 spiro atoms. The first kappa shape index (κ1) is 23.8. The number of carboxylic acids is 1. The number of methoxy groups -OCH3 is 2. The molecule has 2 atom stereocenters. The maximum atomic E-state index is 11.5. The van der Waals surface area contributed by atoms with E-state index in [1.807, 2.05) is 18.2 Å². The van der Waals surface area contributed by atoms with E-state index in [2.05, 4.69) is 19.2 Å². The van der Waals surface area contributed by atoms with Crippen LogP contribution in [0.4, 0.5) is 0 Å². The Bertz CT molecular complexity index is 631. The summed E-state index contributed by atoms with van der Waals surface area (Å²) in [5.74, 6) is 0.300. The Balaban J connectivity index is 2.90. The number of benzene rings is 1. The lowest BCUT2D eigenvalue weighted by Gasteiger charge is -2.25. The molecule has 1 aromatic rings. The Morgan fingerprint density at radius 1 is 1.14 bits per heavy atom. The van der Waals surface area contributed by atoms with Gasteiger partial charge in [-0.15, -0.1) is 0 Å². The summed E-state index contributed by atoms with van der Waals surface area (Å²) < 4.78 is 16.2. The van der Waals surface area contributed by atoms with Crippen molar-refractivity contribution in [2.24, 2.45) is 11.8 Å². The summed E-state index contributed by atoms with van der Waals surface area (Å²) in [5, 5.41) is 11.9. The van der Waals surface area contributed by atoms with Crippen LogP contribution in [0.1, 0.15) is 39.2 Å². The molecule has 7 heteroatoms. The Kier molecular flexibility index (Phi) is 10.4. The Hall–Kier alpha value is -2.28. The molecule has 0 unspecified atom stereocenters. The highest BCUT2D eigenvalue weighted by atomic mass is 16.5. The zero-order valence-corrected chi connectivity index (χ0v) is 17.5. The number of hydrogen-bond acceptors (Lipinski definition) is 5. The molecule has 0 aliphatic carbocycles. The molecule has 0 heterocycles. The average molecular weight is 395 g/mol. The van der Waals surface area contributed by atoms with Gasteiger partial charge in [0, 0.05) is 27.1 Å². The number of rotatable bonds is 13. The molecule has 0 fully saturated rings. The first-order valence-electron chi connectivity index (χ1n) is 9.57. The lowest BCUT2D eigenvalue weighted by atomic mass is 9.84. The van der Waals surface area contributed by atoms with Crippen LogP contribution in [-0.2, 0) is 20.7 Å². The minimum Gasteiger partial charge on any atom is -0.493 e. The Labute approximate surface area is 167 Å². The van der Waals surface area contributed by atoms with Crippen molar-refractivity contribution in [3.8, 4) is 11.5 Å². The van der Waals surface area contributed by atoms with Gasteiger partial charge in [-0.05, 0) is 42.4 Å². The molecular formula is C21H33NO6. The summed E-state index contributed by atoms with van der Waals surface area (Å²) in [6, 6.07) is 4.87. The molecule has 2 N–H and O–H groups in total. The van der Waals surface area contributed by atoms with Crippen molar-refractivity contribution in [3.63, 3.8) is 0 Å². The van der Waals surface area contributed by atoms with Gasteiger partial charge in [-0.2, -0.15) is 0 Å². The van der Waals surface area contributed by atoms with Gasteiger partial charge in [0.25, 0.3) is 0 Å². The van der Waals surface area contributed by atoms with Crippen LogP contribution in [0.25, 0.3) is 0 Å². The molecule has 0 bridgehead atoms. The minimum absolute atomic E-state index is 0.0858. The van der Waals surface area contributed by atoms with E-state index in [-0.39, 0.29) is 17.7 Å². The van der Waals surface area contributed by atoms with Crippen molar-refractivity contribution in [2.45, 2.75) is 46.1 Å². The first-order chi connectivity index (χ1) is 13.3. The van der Waals surface area contributed by atoms with Crippen LogP contribution >= 0.6 is 0 Å². The molecular weight excluding hydrogens is 362 g/mol. The summed E-state index contributed by atoms with van der Waals surface area (Å²) in [6.45, 7) is 6.59. The monoisotopic (exact) mass is 395 g/mol. The van der Waals surface area contributed by atoms with Gasteiger partial charge in [0.1, 0.15) is 6.04 Å². The van der Waals surface area contributed by atoms with Crippen molar-refractivity contribution in [2.75, 3.05) is 27.4 Å². The van der Waals surface area contributed by atoms with Crippen LogP contribution in [0.2, 0.25) is 0 Å². The highest BCUT2D eigenvalue weighted by Gasteiger charge is 2.25. The van der Waals surface area contributed by atoms with Gasteiger partial charge in [0.05, 0.1) is 13.7 Å². The summed E-state index contributed by atoms with van der Waals surface area (Å²) in [4.78, 5) is 22.8. The molecule has 1 amide bonds. The van der Waals surface area contributed by atoms with Crippen molar-refractivity contribution in [1.29, 1.82) is 0 Å². The number of carbonyl (C=O) groups excluding carboxylic acids is 1. The lowest BCUT2D eigenvalue weighted by molar-refractivity contribution is -0.142. The molecule has 0 aromatic heterocycles. The Morgan fingerprint density at radius 3 is 2.39 bits per heavy atom. The van der Waals surface area contributed by atoms with Crippen LogP contribution in [0.15, 0.2) is 18.2 Å². The highest BCUT2D eigenvalue weighted by Crippen LogP contribution is 2.31. The molecule has 1 rings (SSSR count). The molecule has 28 heavy (non-hydrogen) atoms. The van der Waals surface area contributed by atoms with Crippen LogP contribution in [-0.4, -0.2) is 50.5 Å². The van der Waals surface area contributed by atoms with Crippen molar-refractivity contribution < 1.29 is 28.9 Å². The van der Waals surface area contributed by atoms with E-state index in [1.165, 1.54) is 6.92 Å². The molecule has 7 nitrogen and oxygen atoms in total. The Morgan fingerprint density at radius 2 is 1.86 bits per heavy atom. The van der Waals surface area contributed by atoms with E-state index >= 15 is 0 Å². The largest absolute Gasteiger partial charge is 0.493 e. The van der Waals surface area contributed by atoms with Gasteiger partial charge < -0.3 is 24.6 Å². The number of carbonyl (C=O) groups is 2. The van der Waals surface area contributed by atoms with E-state index < -0.39 is 12.0 Å². The summed E-state index contributed by atoms with van der Waals surface area (Å²) in [6.07, 6.45) is 1.82. The predicted octanol–water partition coefficient (Wildman–Crippen LogP) is 2.90. The second-order valence-corrected chi connectivity index (χ2v) is 7.22. The maximum Gasteiger partial charge on any atom is 0.326 e. The molecule has 1 aromatic carbocycles. The third kappa shape index (κ3) is 8.17. The van der Waals surface area contributed by atoms with Gasteiger partial charge in [0.15, 0.2) is 11.5 Å². The van der Waals surface area contributed by atoms with Crippen LogP contribution in [0, 0.1) is 11.8 Å². The molecule has 0 radical (unpaired) electrons. The van der Waals surface area contributed by atoms with E-state index in [1.54, 1.807) is 14.2 Å². The zero-order valence-electron chi connectivity index (χ0n) is 17.5. The van der Waals surface area contributed by atoms with Crippen molar-refractivity contribution >= 4 is 11.9 Å². The third-order valence-corrected chi connectivity index (χ3v) is 4.63. The van der Waals surface area contributed by atoms with Crippen LogP contribution in [0.5, 0.6) is 11.5 Å². The van der Waals surface area contributed by atoms with Gasteiger partial charge in [0.2, 0.25) is 5.91 Å². The fourth-order valence-corrected chi connectivity index (χ4v) is 3.01. The van der Waals surface area contributed by atoms with Crippen LogP contribution in [0.3, 0.4) is 0 Å². The molecule has 0 saturated heterocycles. The highest BCUT2D eigenvalue weighted by molar-refractivity contribution is 5.82. The van der Waals surface area contributed by atoms with Gasteiger partial charge in [-0.3, -0.25) is 4.79 Å². The van der Waals surface area contributed by atoms with E-state index in [0.717, 1.165) is 12.0 Å². The van der Waals surface area contributed by atoms with Crippen LogP contribution < -0.4 is 14.8 Å². The number of amides is 1. The number of ether oxygens (including phenoxy) is 3. The second-order valence-electron chi connectivity index (χ2n) is 7.22. The SMILES string of the molecule is COCCCOc1cc(C[C@H](C[C@@H](NC(C)=O)C(=O)O)C(C)C)ccc1OC. The summed E-state index contributed by atoms with van der Waals surface area (Å²) in [7, 11) is 3.25. The van der Waals surface area contributed by atoms with Gasteiger partial charge in [-0.25, -0.2) is 4.79 Å². The number of carboxylic acid groups (broad SMARTS) is 1. The number of nitrogens with one attached hydrogen (secondary N) is 1. The fraction of sp³-hybridized carbons (Fsp3) is 0.619. The smallest absolute Gasteiger partial charge is 0.326 e. The second kappa shape index (κ2) is 12.2.